The molecule has 0 unspecified atom stereocenters. The van der Waals surface area contributed by atoms with Crippen molar-refractivity contribution in [2.24, 2.45) is 0 Å². The minimum Gasteiger partial charge on any atom is -0.243 e. The van der Waals surface area contributed by atoms with Crippen molar-refractivity contribution in [1.82, 2.24) is 11.0 Å². The summed E-state index contributed by atoms with van der Waals surface area (Å²) in [6.07, 6.45) is 3.72. The van der Waals surface area contributed by atoms with Crippen molar-refractivity contribution in [2.45, 2.75) is 39.9 Å². The largest absolute Gasteiger partial charge is 0.317 e. The molecule has 0 aromatic heterocycles. The Labute approximate surface area is 261 Å². The van der Waals surface area contributed by atoms with Crippen LogP contribution >= 0.6 is 23.5 Å². The van der Waals surface area contributed by atoms with E-state index in [1.54, 1.807) is 36.4 Å². The minimum atomic E-state index is -4.08. The molecular formula is C31H30N2O6S4. The third-order valence-corrected chi connectivity index (χ3v) is 9.93. The maximum absolute atomic E-state index is 12.8. The first kappa shape index (κ1) is 32.4. The number of rotatable bonds is 14. The molecule has 0 fully saturated rings. The van der Waals surface area contributed by atoms with E-state index in [1.807, 2.05) is 74.5 Å². The summed E-state index contributed by atoms with van der Waals surface area (Å²) in [5.74, 6) is 0. The van der Waals surface area contributed by atoms with E-state index in [4.69, 9.17) is 8.57 Å². The first-order valence-corrected chi connectivity index (χ1v) is 17.4. The predicted octanol–water partition coefficient (Wildman–Crippen LogP) is 7.08. The van der Waals surface area contributed by atoms with Crippen LogP contribution in [-0.4, -0.2) is 16.8 Å². The van der Waals surface area contributed by atoms with Gasteiger partial charge in [-0.3, -0.25) is 0 Å². The molecule has 0 aliphatic rings. The monoisotopic (exact) mass is 654 g/mol. The lowest BCUT2D eigenvalue weighted by molar-refractivity contribution is 0.245. The molecule has 0 saturated carbocycles. The Bertz CT molecular complexity index is 1630. The summed E-state index contributed by atoms with van der Waals surface area (Å²) < 4.78 is 61.5. The summed E-state index contributed by atoms with van der Waals surface area (Å²) in [7, 11) is -8.17. The van der Waals surface area contributed by atoms with Crippen molar-refractivity contribution < 1.29 is 25.4 Å². The van der Waals surface area contributed by atoms with E-state index in [9.17, 15) is 16.8 Å². The van der Waals surface area contributed by atoms with Crippen molar-refractivity contribution in [3.05, 3.63) is 143 Å². The van der Waals surface area contributed by atoms with Gasteiger partial charge in [0.1, 0.15) is 0 Å². The summed E-state index contributed by atoms with van der Waals surface area (Å²) in [5, 5.41) is 0.825. The molecule has 0 radical (unpaired) electrons. The van der Waals surface area contributed by atoms with E-state index in [0.29, 0.717) is 10.1 Å². The Morgan fingerprint density at radius 2 is 0.930 bits per heavy atom. The van der Waals surface area contributed by atoms with E-state index >= 15 is 0 Å². The van der Waals surface area contributed by atoms with Crippen LogP contribution in [0.4, 0.5) is 0 Å². The average molecular weight is 655 g/mol. The van der Waals surface area contributed by atoms with Gasteiger partial charge in [0.2, 0.25) is 0 Å². The van der Waals surface area contributed by atoms with Crippen molar-refractivity contribution in [1.29, 1.82) is 0 Å². The van der Waals surface area contributed by atoms with Crippen LogP contribution in [0.25, 0.3) is 0 Å². The molecule has 0 saturated heterocycles. The fourth-order valence-electron chi connectivity index (χ4n) is 3.41. The Morgan fingerprint density at radius 3 is 1.28 bits per heavy atom. The summed E-state index contributed by atoms with van der Waals surface area (Å²) in [5.41, 5.74) is 7.01. The van der Waals surface area contributed by atoms with Crippen LogP contribution in [-0.2, 0) is 28.8 Å². The van der Waals surface area contributed by atoms with Gasteiger partial charge >= 0.3 is 20.2 Å². The molecule has 43 heavy (non-hydrogen) atoms. The Morgan fingerprint density at radius 1 is 0.581 bits per heavy atom. The zero-order valence-corrected chi connectivity index (χ0v) is 26.6. The van der Waals surface area contributed by atoms with Gasteiger partial charge in [-0.1, -0.05) is 95.3 Å². The van der Waals surface area contributed by atoms with E-state index in [0.717, 1.165) is 20.9 Å². The van der Waals surface area contributed by atoms with E-state index in [2.05, 4.69) is 11.0 Å². The highest BCUT2D eigenvalue weighted by Gasteiger charge is 2.18. The number of aryl methyl sites for hydroxylation is 2. The molecule has 0 aliphatic heterocycles. The van der Waals surface area contributed by atoms with Gasteiger partial charge in [0.25, 0.3) is 0 Å². The highest BCUT2D eigenvalue weighted by Crippen LogP contribution is 2.28. The molecule has 0 bridgehead atoms. The van der Waals surface area contributed by atoms with Gasteiger partial charge in [-0.2, -0.15) is 16.8 Å². The third-order valence-electron chi connectivity index (χ3n) is 5.67. The normalized spacial score (nSPS) is 12.6. The standard InChI is InChI=1S/C31H30N2O6S4/c1-24-16-20-28(21-17-24)42(34,35)38-32-30(40-26-10-5-3-6-11-26)14-9-15-31(41-27-12-7-4-8-13-27)33-39-43(36,37)29-22-18-25(2)19-23-29/h3-8,10-23,32-33H,9H2,1-2H3/b30-14+,31-15+. The summed E-state index contributed by atoms with van der Waals surface area (Å²) >= 11 is 2.55. The second-order valence-corrected chi connectivity index (χ2v) is 14.4. The van der Waals surface area contributed by atoms with Crippen molar-refractivity contribution >= 4 is 43.8 Å². The van der Waals surface area contributed by atoms with Crippen LogP contribution in [0, 0.1) is 13.8 Å². The van der Waals surface area contributed by atoms with Gasteiger partial charge in [-0.25, -0.2) is 11.0 Å². The maximum Gasteiger partial charge on any atom is 0.317 e. The number of hydrogen-bond acceptors (Lipinski definition) is 10. The maximum atomic E-state index is 12.8. The molecule has 0 aliphatic carbocycles. The first-order valence-electron chi connectivity index (χ1n) is 13.0. The predicted molar refractivity (Wildman–Crippen MR) is 171 cm³/mol. The SMILES string of the molecule is Cc1ccc(S(=O)(=O)ON/C(=C\C/C=C(\NOS(=O)(=O)c2ccc(C)cc2)Sc2ccccc2)Sc2ccccc2)cc1. The molecule has 4 rings (SSSR count). The average Bonchev–Trinajstić information content (AvgIpc) is 3.00. The number of benzene rings is 4. The van der Waals surface area contributed by atoms with Crippen molar-refractivity contribution in [2.75, 3.05) is 0 Å². The lowest BCUT2D eigenvalue weighted by Crippen LogP contribution is -2.19. The Balaban J connectivity index is 1.54. The second kappa shape index (κ2) is 15.3. The van der Waals surface area contributed by atoms with Gasteiger partial charge in [-0.15, -0.1) is 8.57 Å². The smallest absolute Gasteiger partial charge is 0.243 e. The van der Waals surface area contributed by atoms with Crippen LogP contribution in [0.3, 0.4) is 0 Å². The third kappa shape index (κ3) is 10.3. The van der Waals surface area contributed by atoms with Gasteiger partial charge in [0.05, 0.1) is 19.8 Å². The lowest BCUT2D eigenvalue weighted by Gasteiger charge is -2.12. The quantitative estimate of drug-likeness (QED) is 0.108. The summed E-state index contributed by atoms with van der Waals surface area (Å²) in [6, 6.07) is 31.4. The number of hydrogen-bond donors (Lipinski definition) is 2. The highest BCUT2D eigenvalue weighted by molar-refractivity contribution is 8.03. The van der Waals surface area contributed by atoms with E-state index in [-0.39, 0.29) is 16.2 Å². The van der Waals surface area contributed by atoms with Gasteiger partial charge in [-0.05, 0) is 81.0 Å². The van der Waals surface area contributed by atoms with Crippen LogP contribution in [0.5, 0.6) is 0 Å². The lowest BCUT2D eigenvalue weighted by atomic mass is 10.2. The zero-order valence-electron chi connectivity index (χ0n) is 23.3. The number of hydroxylamine groups is 2. The van der Waals surface area contributed by atoms with Crippen molar-refractivity contribution in [3.8, 4) is 0 Å². The van der Waals surface area contributed by atoms with Crippen LogP contribution in [0.15, 0.2) is 151 Å². The molecule has 0 spiro atoms. The first-order chi connectivity index (χ1) is 20.6. The topological polar surface area (TPSA) is 111 Å². The second-order valence-electron chi connectivity index (χ2n) is 9.11. The van der Waals surface area contributed by atoms with E-state index in [1.165, 1.54) is 47.8 Å². The van der Waals surface area contributed by atoms with Crippen molar-refractivity contribution in [3.63, 3.8) is 0 Å². The molecule has 4 aromatic carbocycles. The highest BCUT2D eigenvalue weighted by atomic mass is 32.2. The van der Waals surface area contributed by atoms with Crippen LogP contribution < -0.4 is 11.0 Å². The van der Waals surface area contributed by atoms with Gasteiger partial charge in [0, 0.05) is 9.79 Å². The molecule has 0 atom stereocenters. The number of nitrogens with one attached hydrogen (secondary N) is 2. The molecular weight excluding hydrogens is 625 g/mol. The Kier molecular flexibility index (Phi) is 11.5. The number of allylic oxidation sites excluding steroid dienone is 2. The molecule has 0 heterocycles. The minimum absolute atomic E-state index is 0.0206. The Hall–Kier alpha value is -3.52. The summed E-state index contributed by atoms with van der Waals surface area (Å²) in [6.45, 7) is 3.73. The molecule has 4 aromatic rings. The van der Waals surface area contributed by atoms with Crippen LogP contribution in [0.1, 0.15) is 17.5 Å². The number of thioether (sulfide) groups is 2. The molecule has 8 nitrogen and oxygen atoms in total. The molecule has 2 N–H and O–H groups in total. The molecule has 12 heteroatoms. The van der Waals surface area contributed by atoms with Crippen LogP contribution in [0.2, 0.25) is 0 Å². The van der Waals surface area contributed by atoms with Gasteiger partial charge in [0.15, 0.2) is 0 Å². The van der Waals surface area contributed by atoms with Gasteiger partial charge < -0.3 is 0 Å². The molecule has 0 amide bonds. The summed E-state index contributed by atoms with van der Waals surface area (Å²) in [4.78, 5) is 1.75. The zero-order chi connectivity index (χ0) is 30.7. The molecule has 224 valence electrons. The van der Waals surface area contributed by atoms with E-state index < -0.39 is 20.2 Å². The fourth-order valence-corrected chi connectivity index (χ4v) is 6.67. The fraction of sp³-hybridized carbons (Fsp3) is 0.0968.